The number of carbonyl (C=O) groups excluding carboxylic acids is 4. The molecule has 2 aromatic rings. The SMILES string of the molecule is CC(=O)C[C@H](C(=O)N[C@H]1CCc2cccc3c2N(C1=O)[C@H](C(=O)NCc1cnc[nH]1)C3)C1CC1. The molecule has 0 bridgehead atoms. The first-order valence-electron chi connectivity index (χ1n) is 11.9. The van der Waals surface area contributed by atoms with Gasteiger partial charge in [-0.15, -0.1) is 0 Å². The highest BCUT2D eigenvalue weighted by molar-refractivity contribution is 6.08. The van der Waals surface area contributed by atoms with Gasteiger partial charge in [0.15, 0.2) is 0 Å². The topological polar surface area (TPSA) is 124 Å². The molecule has 0 radical (unpaired) electrons. The number of hydrogen-bond acceptors (Lipinski definition) is 5. The van der Waals surface area contributed by atoms with Crippen molar-refractivity contribution < 1.29 is 19.2 Å². The fraction of sp³-hybridized carbons (Fsp3) is 0.480. The van der Waals surface area contributed by atoms with Gasteiger partial charge in [0.2, 0.25) is 17.7 Å². The van der Waals surface area contributed by atoms with E-state index in [0.717, 1.165) is 35.3 Å². The summed E-state index contributed by atoms with van der Waals surface area (Å²) in [5.74, 6) is -0.952. The molecule has 0 saturated heterocycles. The Balaban J connectivity index is 1.36. The Labute approximate surface area is 197 Å². The van der Waals surface area contributed by atoms with Crippen LogP contribution >= 0.6 is 0 Å². The van der Waals surface area contributed by atoms with Crippen molar-refractivity contribution >= 4 is 29.2 Å². The van der Waals surface area contributed by atoms with E-state index >= 15 is 0 Å². The second-order valence-electron chi connectivity index (χ2n) is 9.60. The van der Waals surface area contributed by atoms with E-state index in [1.54, 1.807) is 17.4 Å². The second-order valence-corrected chi connectivity index (χ2v) is 9.60. The number of nitrogens with one attached hydrogen (secondary N) is 3. The van der Waals surface area contributed by atoms with Gasteiger partial charge in [0.05, 0.1) is 24.3 Å². The second kappa shape index (κ2) is 9.04. The van der Waals surface area contributed by atoms with Gasteiger partial charge in [0.1, 0.15) is 17.9 Å². The first-order chi connectivity index (χ1) is 16.4. The molecule has 1 aliphatic carbocycles. The molecule has 1 aromatic carbocycles. The third-order valence-electron chi connectivity index (χ3n) is 7.07. The van der Waals surface area contributed by atoms with Crippen LogP contribution in [0.1, 0.15) is 49.4 Å². The smallest absolute Gasteiger partial charge is 0.250 e. The van der Waals surface area contributed by atoms with Crippen LogP contribution in [0, 0.1) is 11.8 Å². The maximum absolute atomic E-state index is 13.7. The van der Waals surface area contributed by atoms with E-state index < -0.39 is 18.0 Å². The number of anilines is 1. The molecule has 3 atom stereocenters. The Bertz CT molecular complexity index is 1120. The number of benzene rings is 1. The molecular formula is C25H29N5O4. The van der Waals surface area contributed by atoms with E-state index in [0.29, 0.717) is 19.3 Å². The molecule has 9 heteroatoms. The number of hydrogen-bond donors (Lipinski definition) is 3. The van der Waals surface area contributed by atoms with Gasteiger partial charge in [0.25, 0.3) is 0 Å². The van der Waals surface area contributed by atoms with E-state index in [2.05, 4.69) is 20.6 Å². The molecular weight excluding hydrogens is 434 g/mol. The fourth-order valence-corrected chi connectivity index (χ4v) is 5.22. The van der Waals surface area contributed by atoms with Gasteiger partial charge in [-0.1, -0.05) is 18.2 Å². The van der Waals surface area contributed by atoms with Crippen LogP contribution in [-0.2, 0) is 38.6 Å². The van der Waals surface area contributed by atoms with Crippen LogP contribution in [0.2, 0.25) is 0 Å². The van der Waals surface area contributed by atoms with Crippen LogP contribution in [0.4, 0.5) is 5.69 Å². The van der Waals surface area contributed by atoms with Gasteiger partial charge in [-0.25, -0.2) is 4.98 Å². The number of ketones is 1. The molecule has 0 unspecified atom stereocenters. The molecule has 34 heavy (non-hydrogen) atoms. The van der Waals surface area contributed by atoms with Crippen molar-refractivity contribution in [2.24, 2.45) is 11.8 Å². The molecule has 5 rings (SSSR count). The Morgan fingerprint density at radius 1 is 1.21 bits per heavy atom. The normalized spacial score (nSPS) is 22.0. The number of rotatable bonds is 8. The summed E-state index contributed by atoms with van der Waals surface area (Å²) < 4.78 is 0. The predicted molar refractivity (Wildman–Crippen MR) is 124 cm³/mol. The van der Waals surface area contributed by atoms with Crippen LogP contribution < -0.4 is 15.5 Å². The van der Waals surface area contributed by atoms with Crippen molar-refractivity contribution in [1.29, 1.82) is 0 Å². The third kappa shape index (κ3) is 4.34. The summed E-state index contributed by atoms with van der Waals surface area (Å²) in [7, 11) is 0. The Hall–Kier alpha value is -3.49. The van der Waals surface area contributed by atoms with E-state index in [4.69, 9.17) is 0 Å². The molecule has 1 saturated carbocycles. The highest BCUT2D eigenvalue weighted by Crippen LogP contribution is 2.40. The number of imidazole rings is 1. The van der Waals surface area contributed by atoms with E-state index in [9.17, 15) is 19.2 Å². The average Bonchev–Trinajstić information content (AvgIpc) is 3.40. The monoisotopic (exact) mass is 463 g/mol. The van der Waals surface area contributed by atoms with E-state index in [-0.39, 0.29) is 42.4 Å². The maximum atomic E-state index is 13.7. The van der Waals surface area contributed by atoms with Crippen LogP contribution in [-0.4, -0.2) is 45.6 Å². The molecule has 3 N–H and O–H groups in total. The lowest BCUT2D eigenvalue weighted by molar-refractivity contribution is -0.133. The Morgan fingerprint density at radius 3 is 2.71 bits per heavy atom. The van der Waals surface area contributed by atoms with Crippen LogP contribution in [0.15, 0.2) is 30.7 Å². The lowest BCUT2D eigenvalue weighted by Gasteiger charge is -2.28. The zero-order chi connectivity index (χ0) is 23.8. The summed E-state index contributed by atoms with van der Waals surface area (Å²) in [5, 5.41) is 5.84. The average molecular weight is 464 g/mol. The Kier molecular flexibility index (Phi) is 5.93. The van der Waals surface area contributed by atoms with E-state index in [1.807, 2.05) is 18.2 Å². The van der Waals surface area contributed by atoms with Crippen LogP contribution in [0.5, 0.6) is 0 Å². The van der Waals surface area contributed by atoms with Gasteiger partial charge >= 0.3 is 0 Å². The molecule has 3 heterocycles. The molecule has 1 aromatic heterocycles. The summed E-state index contributed by atoms with van der Waals surface area (Å²) in [4.78, 5) is 60.2. The van der Waals surface area contributed by atoms with Crippen molar-refractivity contribution in [2.45, 2.75) is 64.1 Å². The Morgan fingerprint density at radius 2 is 2.00 bits per heavy atom. The van der Waals surface area contributed by atoms with Gasteiger partial charge in [0, 0.05) is 25.0 Å². The third-order valence-corrected chi connectivity index (χ3v) is 7.07. The summed E-state index contributed by atoms with van der Waals surface area (Å²) in [6.45, 7) is 1.78. The quantitative estimate of drug-likeness (QED) is 0.546. The van der Waals surface area contributed by atoms with Crippen LogP contribution in [0.3, 0.4) is 0 Å². The van der Waals surface area contributed by atoms with E-state index in [1.165, 1.54) is 6.92 Å². The van der Waals surface area contributed by atoms with Crippen molar-refractivity contribution in [2.75, 3.05) is 4.90 Å². The van der Waals surface area contributed by atoms with Crippen molar-refractivity contribution in [1.82, 2.24) is 20.6 Å². The standard InChI is InChI=1S/C25H29N5O4/c1-14(31)9-19(15-5-6-15)23(32)29-20-8-7-16-3-2-4-17-10-21(30(22(16)17)25(20)34)24(33)27-12-18-11-26-13-28-18/h2-4,11,13,15,19-21H,5-10,12H2,1H3,(H,26,28)(H,27,33)(H,29,32)/t19-,20-,21-/m0/s1. The summed E-state index contributed by atoms with van der Waals surface area (Å²) in [5.41, 5.74) is 3.54. The number of para-hydroxylation sites is 1. The lowest BCUT2D eigenvalue weighted by atomic mass is 9.95. The molecule has 1 fully saturated rings. The zero-order valence-corrected chi connectivity index (χ0v) is 19.2. The maximum Gasteiger partial charge on any atom is 0.250 e. The number of nitrogens with zero attached hydrogens (tertiary/aromatic N) is 2. The minimum atomic E-state index is -0.734. The van der Waals surface area contributed by atoms with Crippen molar-refractivity contribution in [3.05, 3.63) is 47.5 Å². The predicted octanol–water partition coefficient (Wildman–Crippen LogP) is 1.42. The first-order valence-corrected chi connectivity index (χ1v) is 11.9. The molecule has 3 amide bonds. The van der Waals surface area contributed by atoms with Gasteiger partial charge < -0.3 is 20.4 Å². The molecule has 2 aliphatic heterocycles. The number of aromatic nitrogens is 2. The molecule has 3 aliphatic rings. The molecule has 178 valence electrons. The fourth-order valence-electron chi connectivity index (χ4n) is 5.22. The first kappa shape index (κ1) is 22.3. The highest BCUT2D eigenvalue weighted by atomic mass is 16.2. The summed E-state index contributed by atoms with van der Waals surface area (Å²) >= 11 is 0. The zero-order valence-electron chi connectivity index (χ0n) is 19.2. The number of amides is 3. The summed E-state index contributed by atoms with van der Waals surface area (Å²) in [6, 6.07) is 4.48. The number of Topliss-reactive ketones (excluding diaryl/α,β-unsaturated/α-hetero) is 1. The highest BCUT2D eigenvalue weighted by Gasteiger charge is 2.45. The van der Waals surface area contributed by atoms with Crippen molar-refractivity contribution in [3.8, 4) is 0 Å². The number of H-pyrrole nitrogens is 1. The van der Waals surface area contributed by atoms with Gasteiger partial charge in [-0.05, 0) is 49.7 Å². The minimum absolute atomic E-state index is 0.0233. The summed E-state index contributed by atoms with van der Waals surface area (Å²) in [6.07, 6.45) is 6.77. The van der Waals surface area contributed by atoms with Crippen LogP contribution in [0.25, 0.3) is 0 Å². The van der Waals surface area contributed by atoms with Gasteiger partial charge in [-0.3, -0.25) is 19.3 Å². The molecule has 9 nitrogen and oxygen atoms in total. The minimum Gasteiger partial charge on any atom is -0.349 e. The molecule has 0 spiro atoms. The number of carbonyl (C=O) groups is 4. The van der Waals surface area contributed by atoms with Crippen molar-refractivity contribution in [3.63, 3.8) is 0 Å². The number of aryl methyl sites for hydroxylation is 1. The van der Waals surface area contributed by atoms with Gasteiger partial charge in [-0.2, -0.15) is 0 Å². The lowest BCUT2D eigenvalue weighted by Crippen LogP contribution is -2.55. The number of aromatic amines is 1. The largest absolute Gasteiger partial charge is 0.349 e.